The van der Waals surface area contributed by atoms with Crippen LogP contribution in [0, 0.1) is 0 Å². The number of hydrogen-bond acceptors (Lipinski definition) is 3. The van der Waals surface area contributed by atoms with E-state index in [0.29, 0.717) is 0 Å². The van der Waals surface area contributed by atoms with E-state index < -0.39 is 0 Å². The molecule has 0 spiro atoms. The van der Waals surface area contributed by atoms with Crippen molar-refractivity contribution < 1.29 is 4.74 Å². The molecule has 2 aliphatic rings. The van der Waals surface area contributed by atoms with E-state index in [2.05, 4.69) is 9.97 Å². The highest BCUT2D eigenvalue weighted by Crippen LogP contribution is 2.40. The molecule has 0 amide bonds. The highest BCUT2D eigenvalue weighted by atomic mass is 16.5. The topological polar surface area (TPSA) is 35.0 Å². The lowest BCUT2D eigenvalue weighted by Crippen LogP contribution is -2.07. The quantitative estimate of drug-likeness (QED) is 0.684. The van der Waals surface area contributed by atoms with Crippen molar-refractivity contribution in [3.63, 3.8) is 0 Å². The van der Waals surface area contributed by atoms with Gasteiger partial charge < -0.3 is 4.74 Å². The molecule has 0 radical (unpaired) electrons. The molecule has 2 bridgehead atoms. The van der Waals surface area contributed by atoms with Gasteiger partial charge in [-0.05, 0) is 29.8 Å². The van der Waals surface area contributed by atoms with E-state index >= 15 is 0 Å². The summed E-state index contributed by atoms with van der Waals surface area (Å²) < 4.78 is 5.83. The Balaban J connectivity index is 2.06. The van der Waals surface area contributed by atoms with E-state index in [1.54, 1.807) is 12.4 Å². The van der Waals surface area contributed by atoms with Gasteiger partial charge in [0.2, 0.25) is 0 Å². The van der Waals surface area contributed by atoms with Gasteiger partial charge in [-0.1, -0.05) is 0 Å². The van der Waals surface area contributed by atoms with Crippen LogP contribution in [0.15, 0.2) is 36.9 Å². The number of ether oxygens (including phenoxy) is 1. The first-order chi connectivity index (χ1) is 8.42. The average molecular weight is 220 g/mol. The SMILES string of the molecule is C1=C2OC(=Cc3cnccc32)c2cnccc21. The summed E-state index contributed by atoms with van der Waals surface area (Å²) in [7, 11) is 0. The Morgan fingerprint density at radius 1 is 0.765 bits per heavy atom. The lowest BCUT2D eigenvalue weighted by Gasteiger charge is -2.25. The van der Waals surface area contributed by atoms with Crippen LogP contribution in [0.25, 0.3) is 23.7 Å². The summed E-state index contributed by atoms with van der Waals surface area (Å²) >= 11 is 0. The summed E-state index contributed by atoms with van der Waals surface area (Å²) in [5.74, 6) is 1.74. The first-order valence-corrected chi connectivity index (χ1v) is 5.42. The second kappa shape index (κ2) is 3.04. The molecule has 3 heteroatoms. The van der Waals surface area contributed by atoms with Crippen molar-refractivity contribution in [2.75, 3.05) is 0 Å². The van der Waals surface area contributed by atoms with Crippen LogP contribution in [0.3, 0.4) is 0 Å². The lowest BCUT2D eigenvalue weighted by atomic mass is 9.95. The fourth-order valence-corrected chi connectivity index (χ4v) is 2.21. The van der Waals surface area contributed by atoms with Gasteiger partial charge in [-0.15, -0.1) is 0 Å². The fourth-order valence-electron chi connectivity index (χ4n) is 2.21. The summed E-state index contributed by atoms with van der Waals surface area (Å²) in [5.41, 5.74) is 4.36. The molecular formula is C14H8N2O. The second-order valence-electron chi connectivity index (χ2n) is 4.05. The van der Waals surface area contributed by atoms with Gasteiger partial charge >= 0.3 is 0 Å². The van der Waals surface area contributed by atoms with Crippen LogP contribution in [0.5, 0.6) is 0 Å². The van der Waals surface area contributed by atoms with Gasteiger partial charge in [0.05, 0.1) is 0 Å². The predicted octanol–water partition coefficient (Wildman–Crippen LogP) is 2.82. The van der Waals surface area contributed by atoms with Gasteiger partial charge in [0, 0.05) is 41.5 Å². The molecule has 2 aromatic rings. The van der Waals surface area contributed by atoms with E-state index in [1.165, 1.54) is 0 Å². The number of nitrogens with zero attached hydrogens (tertiary/aromatic N) is 2. The number of fused-ring (bicyclic) bond motifs is 6. The Hall–Kier alpha value is -2.42. The minimum atomic E-state index is 0.853. The van der Waals surface area contributed by atoms with E-state index in [0.717, 1.165) is 33.8 Å². The molecule has 0 aromatic carbocycles. The highest BCUT2D eigenvalue weighted by Gasteiger charge is 2.23. The zero-order chi connectivity index (χ0) is 11.2. The van der Waals surface area contributed by atoms with Crippen LogP contribution in [0.4, 0.5) is 0 Å². The summed E-state index contributed by atoms with van der Waals surface area (Å²) in [6, 6.07) is 3.97. The largest absolute Gasteiger partial charge is 0.456 e. The molecule has 80 valence electrons. The van der Waals surface area contributed by atoms with Crippen LogP contribution < -0.4 is 0 Å². The molecule has 0 N–H and O–H groups in total. The fraction of sp³-hybridized carbons (Fsp3) is 0. The van der Waals surface area contributed by atoms with Crippen molar-refractivity contribution in [1.29, 1.82) is 0 Å². The summed E-state index contributed by atoms with van der Waals surface area (Å²) in [6.45, 7) is 0. The molecule has 2 aromatic heterocycles. The maximum Gasteiger partial charge on any atom is 0.137 e. The normalized spacial score (nSPS) is 15.1. The van der Waals surface area contributed by atoms with Gasteiger partial charge in [-0.2, -0.15) is 0 Å². The first kappa shape index (κ1) is 8.70. The summed E-state index contributed by atoms with van der Waals surface area (Å²) in [4.78, 5) is 8.27. The van der Waals surface area contributed by atoms with Crippen LogP contribution in [-0.2, 0) is 4.74 Å². The highest BCUT2D eigenvalue weighted by molar-refractivity contribution is 5.98. The Morgan fingerprint density at radius 2 is 1.53 bits per heavy atom. The Kier molecular flexibility index (Phi) is 1.56. The number of hydrogen-bond donors (Lipinski definition) is 0. The number of aromatic nitrogens is 2. The number of rotatable bonds is 0. The zero-order valence-corrected chi connectivity index (χ0v) is 8.92. The summed E-state index contributed by atoms with van der Waals surface area (Å²) in [6.07, 6.45) is 11.3. The van der Waals surface area contributed by atoms with Crippen molar-refractivity contribution in [3.8, 4) is 0 Å². The van der Waals surface area contributed by atoms with Gasteiger partial charge in [-0.3, -0.25) is 9.97 Å². The minimum Gasteiger partial charge on any atom is -0.456 e. The third-order valence-electron chi connectivity index (χ3n) is 3.03. The first-order valence-electron chi connectivity index (χ1n) is 5.42. The molecule has 0 saturated carbocycles. The monoisotopic (exact) mass is 220 g/mol. The average Bonchev–Trinajstić information content (AvgIpc) is 2.39. The van der Waals surface area contributed by atoms with Gasteiger partial charge in [-0.25, -0.2) is 0 Å². The third-order valence-corrected chi connectivity index (χ3v) is 3.03. The van der Waals surface area contributed by atoms with Crippen LogP contribution in [0.2, 0.25) is 0 Å². The van der Waals surface area contributed by atoms with Crippen LogP contribution in [-0.4, -0.2) is 9.97 Å². The van der Waals surface area contributed by atoms with E-state index in [9.17, 15) is 0 Å². The Morgan fingerprint density at radius 3 is 2.53 bits per heavy atom. The smallest absolute Gasteiger partial charge is 0.137 e. The molecule has 0 saturated heterocycles. The standard InChI is InChI=1S/C14H8N2O/c1-3-16-8-12-9(1)5-13-11-2-4-15-7-10(11)6-14(12)17-13/h1-8H. The molecule has 0 atom stereocenters. The molecule has 3 nitrogen and oxygen atoms in total. The molecule has 17 heavy (non-hydrogen) atoms. The van der Waals surface area contributed by atoms with Crippen molar-refractivity contribution in [2.45, 2.75) is 0 Å². The zero-order valence-electron chi connectivity index (χ0n) is 8.92. The Labute approximate surface area is 98.1 Å². The maximum atomic E-state index is 5.83. The van der Waals surface area contributed by atoms with Crippen molar-refractivity contribution in [1.82, 2.24) is 9.97 Å². The summed E-state index contributed by atoms with van der Waals surface area (Å²) in [5, 5.41) is 0. The van der Waals surface area contributed by atoms with Crippen molar-refractivity contribution >= 4 is 23.7 Å². The van der Waals surface area contributed by atoms with E-state index in [1.807, 2.05) is 36.7 Å². The second-order valence-corrected chi connectivity index (χ2v) is 4.05. The molecule has 4 rings (SSSR count). The van der Waals surface area contributed by atoms with Gasteiger partial charge in [0.25, 0.3) is 0 Å². The van der Waals surface area contributed by atoms with Gasteiger partial charge in [0.15, 0.2) is 0 Å². The minimum absolute atomic E-state index is 0.853. The molecule has 4 heterocycles. The number of pyridine rings is 2. The maximum absolute atomic E-state index is 5.83. The molecule has 0 unspecified atom stereocenters. The molecule has 2 aliphatic heterocycles. The van der Waals surface area contributed by atoms with E-state index in [4.69, 9.17) is 4.74 Å². The molecule has 0 fully saturated rings. The van der Waals surface area contributed by atoms with Gasteiger partial charge in [0.1, 0.15) is 11.5 Å². The van der Waals surface area contributed by atoms with Crippen LogP contribution >= 0.6 is 0 Å². The molecular weight excluding hydrogens is 212 g/mol. The van der Waals surface area contributed by atoms with Crippen molar-refractivity contribution in [2.24, 2.45) is 0 Å². The molecule has 0 aliphatic carbocycles. The van der Waals surface area contributed by atoms with Crippen molar-refractivity contribution in [3.05, 3.63) is 59.2 Å². The van der Waals surface area contributed by atoms with E-state index in [-0.39, 0.29) is 0 Å². The lowest BCUT2D eigenvalue weighted by molar-refractivity contribution is 0.469. The third kappa shape index (κ3) is 1.16. The Bertz CT molecular complexity index is 627. The predicted molar refractivity (Wildman–Crippen MR) is 65.3 cm³/mol. The van der Waals surface area contributed by atoms with Crippen LogP contribution in [0.1, 0.15) is 22.3 Å².